The van der Waals surface area contributed by atoms with Gasteiger partial charge < -0.3 is 29.4 Å². The number of benzene rings is 2. The van der Waals surface area contributed by atoms with Crippen LogP contribution in [0.3, 0.4) is 0 Å². The van der Waals surface area contributed by atoms with Gasteiger partial charge in [-0.3, -0.25) is 9.69 Å². The van der Waals surface area contributed by atoms with Gasteiger partial charge in [-0.25, -0.2) is 19.3 Å². The Bertz CT molecular complexity index is 2040. The van der Waals surface area contributed by atoms with E-state index >= 15 is 4.39 Å². The maximum Gasteiger partial charge on any atom is 0.260 e. The van der Waals surface area contributed by atoms with Crippen LogP contribution in [-0.2, 0) is 30.5 Å². The number of hydrogen-bond acceptors (Lipinski definition) is 8. The van der Waals surface area contributed by atoms with Gasteiger partial charge in [-0.15, -0.1) is 0 Å². The van der Waals surface area contributed by atoms with Crippen LogP contribution < -0.4 is 15.1 Å². The Hall–Kier alpha value is -4.81. The summed E-state index contributed by atoms with van der Waals surface area (Å²) < 4.78 is 23.2. The number of rotatable bonds is 7. The summed E-state index contributed by atoms with van der Waals surface area (Å²) in [4.78, 5) is 38.0. The zero-order valence-electron chi connectivity index (χ0n) is 27.7. The number of carbonyl (C=O) groups excluding carboxylic acids is 1. The first-order chi connectivity index (χ1) is 24.0. The van der Waals surface area contributed by atoms with E-state index in [-0.39, 0.29) is 5.91 Å². The molecule has 2 fully saturated rings. The number of hydrogen-bond donors (Lipinski definition) is 2. The third-order valence-electron chi connectivity index (χ3n) is 10.7. The van der Waals surface area contributed by atoms with E-state index in [2.05, 4.69) is 60.0 Å². The number of carbonyl (C=O) groups is 1. The highest BCUT2D eigenvalue weighted by Gasteiger charge is 2.33. The minimum Gasteiger partial charge on any atom is -0.378 e. The number of H-pyrrole nitrogens is 1. The summed E-state index contributed by atoms with van der Waals surface area (Å²) in [6.07, 6.45) is 6.17. The minimum atomic E-state index is -0.436. The number of fused-ring (bicyclic) bond motifs is 4. The lowest BCUT2D eigenvalue weighted by Gasteiger charge is -2.43. The highest BCUT2D eigenvalue weighted by Crippen LogP contribution is 2.37. The topological polar surface area (TPSA) is 107 Å². The molecule has 0 unspecified atom stereocenters. The van der Waals surface area contributed by atoms with Crippen LogP contribution in [0.15, 0.2) is 48.8 Å². The number of nitrogens with zero attached hydrogens (tertiary/aromatic N) is 7. The molecule has 1 amide bonds. The number of aromatic amines is 1. The van der Waals surface area contributed by atoms with Gasteiger partial charge in [0.05, 0.1) is 36.8 Å². The molecule has 11 nitrogen and oxygen atoms in total. The van der Waals surface area contributed by atoms with E-state index in [0.29, 0.717) is 53.1 Å². The fourth-order valence-corrected chi connectivity index (χ4v) is 8.01. The van der Waals surface area contributed by atoms with Crippen molar-refractivity contribution >= 4 is 40.0 Å². The summed E-state index contributed by atoms with van der Waals surface area (Å²) in [5, 5.41) is 3.46. The largest absolute Gasteiger partial charge is 0.378 e. The summed E-state index contributed by atoms with van der Waals surface area (Å²) in [6, 6.07) is 14.0. The third kappa shape index (κ3) is 5.34. The van der Waals surface area contributed by atoms with Crippen molar-refractivity contribution in [2.45, 2.75) is 51.6 Å². The van der Waals surface area contributed by atoms with Crippen molar-refractivity contribution < 1.29 is 13.9 Å². The summed E-state index contributed by atoms with van der Waals surface area (Å²) in [7, 11) is 0. The molecule has 9 rings (SSSR count). The van der Waals surface area contributed by atoms with E-state index in [1.807, 2.05) is 6.92 Å². The van der Waals surface area contributed by atoms with Crippen LogP contribution in [0.4, 0.5) is 27.3 Å². The molecule has 0 radical (unpaired) electrons. The minimum absolute atomic E-state index is 0.0706. The second-order valence-electron chi connectivity index (χ2n) is 13.5. The molecule has 0 spiro atoms. The predicted octanol–water partition coefficient (Wildman–Crippen LogP) is 5.33. The lowest BCUT2D eigenvalue weighted by Crippen LogP contribution is -2.56. The molecule has 7 heterocycles. The Morgan fingerprint density at radius 1 is 0.959 bits per heavy atom. The van der Waals surface area contributed by atoms with E-state index in [1.165, 1.54) is 23.5 Å². The number of nitrogens with one attached hydrogen (secondary N) is 2. The van der Waals surface area contributed by atoms with Crippen LogP contribution in [0.5, 0.6) is 0 Å². The third-order valence-corrected chi connectivity index (χ3v) is 10.7. The van der Waals surface area contributed by atoms with Gasteiger partial charge in [0.25, 0.3) is 5.91 Å². The normalized spacial score (nSPS) is 18.4. The molecule has 0 aliphatic carbocycles. The number of ether oxygens (including phenoxy) is 1. The van der Waals surface area contributed by atoms with Crippen molar-refractivity contribution in [1.82, 2.24) is 29.4 Å². The number of imidazole rings is 1. The zero-order chi connectivity index (χ0) is 33.1. The molecule has 2 saturated heterocycles. The molecule has 252 valence electrons. The molecule has 0 saturated carbocycles. The van der Waals surface area contributed by atoms with Crippen molar-refractivity contribution in [2.75, 3.05) is 61.1 Å². The van der Waals surface area contributed by atoms with Crippen molar-refractivity contribution in [3.05, 3.63) is 77.1 Å². The Balaban J connectivity index is 1.01. The van der Waals surface area contributed by atoms with Crippen LogP contribution in [0.1, 0.15) is 47.1 Å². The molecule has 5 aromatic rings. The maximum atomic E-state index is 15.5. The summed E-state index contributed by atoms with van der Waals surface area (Å²) in [5.41, 5.74) is 8.25. The standard InChI is InChI=1S/C37H40FN9O2/c1-2-28-29(17-23(38)18-32(28)47-12-10-31-30(37(47)48)19-26-5-3-4-11-46(26)31)34-42-35-33(39-22-40-35)36(43-34)41-24-6-8-25(9-7-24)44-13-15-45(16-14-44)27-20-49-21-27/h6-9,17-19,22,27H,2-5,10-16,20-21H2,1H3,(H2,39,40,41,42,43). The van der Waals surface area contributed by atoms with Crippen LogP contribution >= 0.6 is 0 Å². The number of piperazine rings is 1. The predicted molar refractivity (Wildman–Crippen MR) is 187 cm³/mol. The highest BCUT2D eigenvalue weighted by atomic mass is 19.1. The smallest absolute Gasteiger partial charge is 0.260 e. The van der Waals surface area contributed by atoms with Crippen LogP contribution in [0.2, 0.25) is 0 Å². The lowest BCUT2D eigenvalue weighted by molar-refractivity contribution is -0.0660. The van der Waals surface area contributed by atoms with Gasteiger partial charge >= 0.3 is 0 Å². The molecule has 12 heteroatoms. The van der Waals surface area contributed by atoms with Gasteiger partial charge in [0.15, 0.2) is 17.3 Å². The van der Waals surface area contributed by atoms with Gasteiger partial charge in [0.2, 0.25) is 0 Å². The highest BCUT2D eigenvalue weighted by molar-refractivity contribution is 6.09. The van der Waals surface area contributed by atoms with Crippen molar-refractivity contribution in [1.29, 1.82) is 0 Å². The fourth-order valence-electron chi connectivity index (χ4n) is 8.01. The van der Waals surface area contributed by atoms with E-state index in [0.717, 1.165) is 94.1 Å². The molecule has 3 aromatic heterocycles. The fraction of sp³-hybridized carbons (Fsp3) is 0.405. The molecule has 0 atom stereocenters. The second-order valence-corrected chi connectivity index (χ2v) is 13.5. The summed E-state index contributed by atoms with van der Waals surface area (Å²) in [6.45, 7) is 9.24. The van der Waals surface area contributed by atoms with E-state index in [4.69, 9.17) is 14.7 Å². The number of anilines is 4. The van der Waals surface area contributed by atoms with Crippen molar-refractivity contribution in [2.24, 2.45) is 0 Å². The van der Waals surface area contributed by atoms with Crippen molar-refractivity contribution in [3.8, 4) is 11.4 Å². The Morgan fingerprint density at radius 3 is 2.57 bits per heavy atom. The van der Waals surface area contributed by atoms with E-state index < -0.39 is 5.82 Å². The summed E-state index contributed by atoms with van der Waals surface area (Å²) in [5.74, 6) is 0.399. The van der Waals surface area contributed by atoms with Gasteiger partial charge in [0, 0.05) is 74.0 Å². The summed E-state index contributed by atoms with van der Waals surface area (Å²) >= 11 is 0. The SMILES string of the molecule is CCc1c(-c2nc(Nc3ccc(N4CCN(C5COC5)CC4)cc3)c3[nH]cnc3n2)cc(F)cc1N1CCc2c(cc3n2CCCC3)C1=O. The molecule has 4 aliphatic rings. The molecular weight excluding hydrogens is 621 g/mol. The molecule has 2 N–H and O–H groups in total. The van der Waals surface area contributed by atoms with Gasteiger partial charge in [-0.1, -0.05) is 6.92 Å². The zero-order valence-corrected chi connectivity index (χ0v) is 27.7. The number of aromatic nitrogens is 5. The number of aryl methyl sites for hydroxylation is 1. The first-order valence-electron chi connectivity index (χ1n) is 17.5. The maximum absolute atomic E-state index is 15.5. The molecule has 2 aromatic carbocycles. The van der Waals surface area contributed by atoms with E-state index in [1.54, 1.807) is 11.2 Å². The van der Waals surface area contributed by atoms with Gasteiger partial charge in [-0.05, 0) is 73.7 Å². The average molecular weight is 662 g/mol. The average Bonchev–Trinajstić information content (AvgIpc) is 3.74. The number of amides is 1. The van der Waals surface area contributed by atoms with Crippen LogP contribution in [-0.4, -0.2) is 87.3 Å². The van der Waals surface area contributed by atoms with E-state index in [9.17, 15) is 4.79 Å². The Labute approximate surface area is 284 Å². The van der Waals surface area contributed by atoms with Gasteiger partial charge in [0.1, 0.15) is 11.3 Å². The first kappa shape index (κ1) is 30.3. The van der Waals surface area contributed by atoms with Crippen LogP contribution in [0, 0.1) is 5.82 Å². The molecule has 49 heavy (non-hydrogen) atoms. The molecular formula is C37H40FN9O2. The quantitative estimate of drug-likeness (QED) is 0.241. The Morgan fingerprint density at radius 2 is 1.80 bits per heavy atom. The number of halogens is 1. The lowest BCUT2D eigenvalue weighted by atomic mass is 9.98. The molecule has 0 bridgehead atoms. The molecule has 4 aliphatic heterocycles. The second kappa shape index (κ2) is 12.3. The Kier molecular flexibility index (Phi) is 7.57. The van der Waals surface area contributed by atoms with Crippen molar-refractivity contribution in [3.63, 3.8) is 0 Å². The van der Waals surface area contributed by atoms with Crippen LogP contribution in [0.25, 0.3) is 22.6 Å². The first-order valence-corrected chi connectivity index (χ1v) is 17.5. The monoisotopic (exact) mass is 661 g/mol. The van der Waals surface area contributed by atoms with Gasteiger partial charge in [-0.2, -0.15) is 0 Å².